The number of amides is 1. The molecule has 3 aromatic carbocycles. The molecule has 9 nitrogen and oxygen atoms in total. The maximum atomic E-state index is 13.2. The van der Waals surface area contributed by atoms with Gasteiger partial charge >= 0.3 is 17.9 Å². The summed E-state index contributed by atoms with van der Waals surface area (Å²) in [5, 5.41) is 12.4. The van der Waals surface area contributed by atoms with Crippen molar-refractivity contribution in [3.63, 3.8) is 0 Å². The van der Waals surface area contributed by atoms with Gasteiger partial charge in [-0.25, -0.2) is 14.4 Å². The van der Waals surface area contributed by atoms with E-state index in [1.165, 1.54) is 37.4 Å². The number of para-hydroxylation sites is 2. The molecule has 0 spiro atoms. The van der Waals surface area contributed by atoms with Gasteiger partial charge in [0.1, 0.15) is 5.75 Å². The third kappa shape index (κ3) is 6.47. The number of nitrogens with one attached hydrogen (secondary N) is 1. The molecule has 0 saturated carbocycles. The second-order valence-corrected chi connectivity index (χ2v) is 7.92. The highest BCUT2D eigenvalue weighted by Crippen LogP contribution is 2.24. The van der Waals surface area contributed by atoms with E-state index in [2.05, 4.69) is 5.32 Å². The molecule has 0 aliphatic rings. The second kappa shape index (κ2) is 11.7. The molecule has 0 aliphatic heterocycles. The molecule has 0 heterocycles. The topological polar surface area (TPSA) is 128 Å². The van der Waals surface area contributed by atoms with Crippen LogP contribution in [0, 0.1) is 13.8 Å². The number of hydrogen-bond donors (Lipinski definition) is 2. The first-order valence-electron chi connectivity index (χ1n) is 10.9. The SMILES string of the molecule is COc1ccccc1NC(=O)[C@H](OC(=O)c1cccc(C)c1)[C@@H](OC(=O)c1cccc(C)c1)C(=O)O. The Balaban J connectivity index is 1.95. The minimum atomic E-state index is -2.14. The van der Waals surface area contributed by atoms with Gasteiger partial charge in [-0.3, -0.25) is 4.79 Å². The largest absolute Gasteiger partial charge is 0.495 e. The number of aliphatic carboxylic acids is 1. The lowest BCUT2D eigenvalue weighted by atomic mass is 10.1. The molecular formula is C27H25NO8. The molecule has 0 aliphatic carbocycles. The van der Waals surface area contributed by atoms with Gasteiger partial charge in [-0.1, -0.05) is 47.5 Å². The molecule has 0 saturated heterocycles. The summed E-state index contributed by atoms with van der Waals surface area (Å²) in [5.74, 6) is -4.36. The van der Waals surface area contributed by atoms with Crippen LogP contribution in [0.1, 0.15) is 31.8 Å². The van der Waals surface area contributed by atoms with Gasteiger partial charge in [0.15, 0.2) is 0 Å². The van der Waals surface area contributed by atoms with Gasteiger partial charge < -0.3 is 24.6 Å². The van der Waals surface area contributed by atoms with E-state index >= 15 is 0 Å². The molecular weight excluding hydrogens is 466 g/mol. The molecule has 3 aromatic rings. The molecule has 9 heteroatoms. The van der Waals surface area contributed by atoms with Gasteiger partial charge in [0.2, 0.25) is 12.2 Å². The first-order valence-corrected chi connectivity index (χ1v) is 10.9. The van der Waals surface area contributed by atoms with Crippen molar-refractivity contribution in [3.8, 4) is 5.75 Å². The van der Waals surface area contributed by atoms with Crippen LogP contribution in [-0.2, 0) is 19.1 Å². The van der Waals surface area contributed by atoms with E-state index in [1.54, 1.807) is 56.3 Å². The summed E-state index contributed by atoms with van der Waals surface area (Å²) in [4.78, 5) is 51.0. The van der Waals surface area contributed by atoms with Gasteiger partial charge in [-0.15, -0.1) is 0 Å². The van der Waals surface area contributed by atoms with Crippen LogP contribution < -0.4 is 10.1 Å². The van der Waals surface area contributed by atoms with Crippen LogP contribution >= 0.6 is 0 Å². The molecule has 0 radical (unpaired) electrons. The van der Waals surface area contributed by atoms with E-state index in [-0.39, 0.29) is 16.8 Å². The molecule has 36 heavy (non-hydrogen) atoms. The summed E-state index contributed by atoms with van der Waals surface area (Å²) >= 11 is 0. The zero-order valence-electron chi connectivity index (χ0n) is 19.9. The normalized spacial score (nSPS) is 12.1. The molecule has 0 aromatic heterocycles. The minimum Gasteiger partial charge on any atom is -0.495 e. The van der Waals surface area contributed by atoms with Crippen molar-refractivity contribution < 1.29 is 38.5 Å². The van der Waals surface area contributed by atoms with E-state index in [0.29, 0.717) is 5.75 Å². The maximum Gasteiger partial charge on any atom is 0.349 e. The molecule has 0 unspecified atom stereocenters. The summed E-state index contributed by atoms with van der Waals surface area (Å²) in [7, 11) is 1.39. The van der Waals surface area contributed by atoms with E-state index in [1.807, 2.05) is 0 Å². The summed E-state index contributed by atoms with van der Waals surface area (Å²) < 4.78 is 15.7. The minimum absolute atomic E-state index is 0.0788. The molecule has 1 amide bonds. The van der Waals surface area contributed by atoms with Crippen LogP contribution in [-0.4, -0.2) is 48.2 Å². The van der Waals surface area contributed by atoms with Gasteiger partial charge in [-0.2, -0.15) is 0 Å². The number of methoxy groups -OCH3 is 1. The molecule has 186 valence electrons. The summed E-state index contributed by atoms with van der Waals surface area (Å²) in [6.45, 7) is 3.50. The number of ether oxygens (including phenoxy) is 3. The van der Waals surface area contributed by atoms with Crippen LogP contribution in [0.15, 0.2) is 72.8 Å². The van der Waals surface area contributed by atoms with Crippen LogP contribution in [0.25, 0.3) is 0 Å². The third-order valence-electron chi connectivity index (χ3n) is 5.12. The van der Waals surface area contributed by atoms with E-state index in [9.17, 15) is 24.3 Å². The quantitative estimate of drug-likeness (QED) is 0.433. The lowest BCUT2D eigenvalue weighted by Gasteiger charge is -2.24. The van der Waals surface area contributed by atoms with Crippen LogP contribution in [0.3, 0.4) is 0 Å². The van der Waals surface area contributed by atoms with Crippen molar-refractivity contribution in [3.05, 3.63) is 95.1 Å². The number of benzene rings is 3. The number of rotatable bonds is 9. The second-order valence-electron chi connectivity index (χ2n) is 7.92. The third-order valence-corrected chi connectivity index (χ3v) is 5.12. The Labute approximate surface area is 207 Å². The fraction of sp³-hybridized carbons (Fsp3) is 0.185. The summed E-state index contributed by atoms with van der Waals surface area (Å²) in [6, 6.07) is 19.0. The van der Waals surface area contributed by atoms with Crippen molar-refractivity contribution in [2.24, 2.45) is 0 Å². The Morgan fingerprint density at radius 1 is 0.750 bits per heavy atom. The van der Waals surface area contributed by atoms with Crippen LogP contribution in [0.2, 0.25) is 0 Å². The average Bonchev–Trinajstić information content (AvgIpc) is 2.86. The number of anilines is 1. The first-order chi connectivity index (χ1) is 17.2. The van der Waals surface area contributed by atoms with Crippen molar-refractivity contribution in [1.82, 2.24) is 0 Å². The highest BCUT2D eigenvalue weighted by atomic mass is 16.6. The molecule has 3 rings (SSSR count). The number of carboxylic acids is 1. The maximum absolute atomic E-state index is 13.2. The highest BCUT2D eigenvalue weighted by Gasteiger charge is 2.41. The van der Waals surface area contributed by atoms with Gasteiger partial charge in [-0.05, 0) is 50.2 Å². The van der Waals surface area contributed by atoms with Gasteiger partial charge in [0, 0.05) is 0 Å². The molecule has 2 atom stereocenters. The van der Waals surface area contributed by atoms with Crippen molar-refractivity contribution >= 4 is 29.5 Å². The predicted molar refractivity (Wildman–Crippen MR) is 130 cm³/mol. The van der Waals surface area contributed by atoms with Gasteiger partial charge in [0.25, 0.3) is 5.91 Å². The lowest BCUT2D eigenvalue weighted by Crippen LogP contribution is -2.48. The standard InChI is InChI=1S/C27H25NO8/c1-16-8-6-10-18(14-16)26(32)35-22(24(29)28-20-12-4-5-13-21(20)34-3)23(25(30)31)36-27(33)19-11-7-9-17(2)15-19/h4-15,22-23H,1-3H3,(H,28,29)(H,30,31)/t22-,23-/m1/s1. The number of carbonyl (C=O) groups is 4. The first kappa shape index (κ1) is 26.0. The number of aryl methyl sites for hydroxylation is 2. The van der Waals surface area contributed by atoms with Crippen molar-refractivity contribution in [2.75, 3.05) is 12.4 Å². The Morgan fingerprint density at radius 2 is 1.28 bits per heavy atom. The molecule has 0 fully saturated rings. The van der Waals surface area contributed by atoms with Crippen molar-refractivity contribution in [2.45, 2.75) is 26.1 Å². The summed E-state index contributed by atoms with van der Waals surface area (Å²) in [5.41, 5.74) is 1.87. The number of carbonyl (C=O) groups excluding carboxylic acids is 3. The van der Waals surface area contributed by atoms with E-state index < -0.39 is 36.0 Å². The van der Waals surface area contributed by atoms with Gasteiger partial charge in [0.05, 0.1) is 23.9 Å². The van der Waals surface area contributed by atoms with E-state index in [0.717, 1.165) is 11.1 Å². The van der Waals surface area contributed by atoms with Crippen molar-refractivity contribution in [1.29, 1.82) is 0 Å². The fourth-order valence-corrected chi connectivity index (χ4v) is 3.36. The Morgan fingerprint density at radius 3 is 1.78 bits per heavy atom. The average molecular weight is 491 g/mol. The number of esters is 2. The van der Waals surface area contributed by atoms with Crippen LogP contribution in [0.4, 0.5) is 5.69 Å². The monoisotopic (exact) mass is 491 g/mol. The summed E-state index contributed by atoms with van der Waals surface area (Å²) in [6.07, 6.45) is -4.16. The Kier molecular flexibility index (Phi) is 8.40. The number of carboxylic acid groups (broad SMARTS) is 1. The zero-order chi connectivity index (χ0) is 26.2. The molecule has 2 N–H and O–H groups in total. The predicted octanol–water partition coefficient (Wildman–Crippen LogP) is 3.79. The van der Waals surface area contributed by atoms with E-state index in [4.69, 9.17) is 14.2 Å². The molecule has 0 bridgehead atoms. The van der Waals surface area contributed by atoms with Crippen LogP contribution in [0.5, 0.6) is 5.75 Å². The lowest BCUT2D eigenvalue weighted by molar-refractivity contribution is -0.157. The number of hydrogen-bond acceptors (Lipinski definition) is 7. The Bertz CT molecular complexity index is 1290. The Hall–Kier alpha value is -4.66. The fourth-order valence-electron chi connectivity index (χ4n) is 3.36. The smallest absolute Gasteiger partial charge is 0.349 e. The zero-order valence-corrected chi connectivity index (χ0v) is 19.9. The highest BCUT2D eigenvalue weighted by molar-refractivity contribution is 6.02.